The van der Waals surface area contributed by atoms with Crippen LogP contribution in [0, 0.1) is 11.8 Å². The molecule has 28 heavy (non-hydrogen) atoms. The van der Waals surface area contributed by atoms with Gasteiger partial charge in [-0.15, -0.1) is 0 Å². The van der Waals surface area contributed by atoms with E-state index < -0.39 is 0 Å². The summed E-state index contributed by atoms with van der Waals surface area (Å²) in [5, 5.41) is 0. The number of rotatable bonds is 3. The smallest absolute Gasteiger partial charge is 0.0926 e. The average Bonchev–Trinajstić information content (AvgIpc) is 3.32. The van der Waals surface area contributed by atoms with Crippen LogP contribution in [0.1, 0.15) is 71.8 Å². The van der Waals surface area contributed by atoms with Gasteiger partial charge in [0.25, 0.3) is 0 Å². The maximum Gasteiger partial charge on any atom is 0.0926 e. The van der Waals surface area contributed by atoms with Crippen LogP contribution in [0.3, 0.4) is 0 Å². The summed E-state index contributed by atoms with van der Waals surface area (Å²) in [4.78, 5) is 0. The maximum atomic E-state index is 6.42. The van der Waals surface area contributed by atoms with Crippen LogP contribution in [-0.2, 0) is 11.2 Å². The van der Waals surface area contributed by atoms with Crippen LogP contribution in [-0.4, -0.2) is 11.7 Å². The third kappa shape index (κ3) is 5.47. The van der Waals surface area contributed by atoms with Gasteiger partial charge in [-0.3, -0.25) is 0 Å². The van der Waals surface area contributed by atoms with Crippen molar-refractivity contribution in [3.05, 3.63) is 71.3 Å². The number of ether oxygens (including phenoxy) is 1. The van der Waals surface area contributed by atoms with Gasteiger partial charge in [0.15, 0.2) is 0 Å². The topological polar surface area (TPSA) is 12.5 Å². The van der Waals surface area contributed by atoms with Gasteiger partial charge < -0.3 is 4.74 Å². The van der Waals surface area contributed by atoms with E-state index in [-0.39, 0.29) is 5.60 Å². The van der Waals surface area contributed by atoms with Gasteiger partial charge >= 0.3 is 0 Å². The third-order valence-electron chi connectivity index (χ3n) is 6.81. The van der Waals surface area contributed by atoms with Crippen molar-refractivity contribution in [3.63, 3.8) is 0 Å². The fourth-order valence-electron chi connectivity index (χ4n) is 4.91. The number of epoxide rings is 1. The van der Waals surface area contributed by atoms with E-state index >= 15 is 0 Å². The van der Waals surface area contributed by atoms with Crippen LogP contribution in [0.25, 0.3) is 0 Å². The van der Waals surface area contributed by atoms with E-state index in [0.717, 1.165) is 32.1 Å². The van der Waals surface area contributed by atoms with E-state index in [2.05, 4.69) is 76.8 Å². The quantitative estimate of drug-likeness (QED) is 0.393. The van der Waals surface area contributed by atoms with E-state index in [1.54, 1.807) is 0 Å². The summed E-state index contributed by atoms with van der Waals surface area (Å²) >= 11 is 0. The van der Waals surface area contributed by atoms with Crippen LogP contribution >= 0.6 is 0 Å². The first kappa shape index (κ1) is 21.1. The molecular formula is C27H38O. The number of hydrogen-bond acceptors (Lipinski definition) is 1. The summed E-state index contributed by atoms with van der Waals surface area (Å²) < 4.78 is 6.42. The monoisotopic (exact) mass is 378 g/mol. The maximum absolute atomic E-state index is 6.42. The molecule has 1 aliphatic carbocycles. The van der Waals surface area contributed by atoms with Crippen molar-refractivity contribution < 1.29 is 4.74 Å². The zero-order valence-electron chi connectivity index (χ0n) is 18.3. The van der Waals surface area contributed by atoms with Gasteiger partial charge in [-0.1, -0.05) is 65.8 Å². The zero-order valence-corrected chi connectivity index (χ0v) is 18.3. The van der Waals surface area contributed by atoms with Crippen molar-refractivity contribution in [1.82, 2.24) is 0 Å². The Morgan fingerprint density at radius 1 is 1.07 bits per heavy atom. The van der Waals surface area contributed by atoms with Crippen molar-refractivity contribution in [1.29, 1.82) is 0 Å². The summed E-state index contributed by atoms with van der Waals surface area (Å²) in [5.74, 6) is 1.02. The Hall–Kier alpha value is -1.60. The Kier molecular flexibility index (Phi) is 6.99. The molecule has 1 heteroatoms. The van der Waals surface area contributed by atoms with E-state index in [9.17, 15) is 0 Å². The molecule has 1 aliphatic heterocycles. The molecular weight excluding hydrogens is 340 g/mol. The summed E-state index contributed by atoms with van der Waals surface area (Å²) in [6.07, 6.45) is 13.2. The predicted octanol–water partition coefficient (Wildman–Crippen LogP) is 7.44. The minimum atomic E-state index is 0.0267. The van der Waals surface area contributed by atoms with Crippen molar-refractivity contribution in [3.8, 4) is 0 Å². The average molecular weight is 379 g/mol. The lowest BCUT2D eigenvalue weighted by molar-refractivity contribution is 0.244. The molecule has 0 radical (unpaired) electrons. The fraction of sp³-hybridized carbons (Fsp3) is 0.556. The second kappa shape index (κ2) is 9.27. The predicted molar refractivity (Wildman–Crippen MR) is 120 cm³/mol. The second-order valence-corrected chi connectivity index (χ2v) is 9.37. The Labute approximate surface area is 172 Å². The van der Waals surface area contributed by atoms with Crippen molar-refractivity contribution in [2.24, 2.45) is 11.8 Å². The molecule has 0 amide bonds. The molecule has 152 valence electrons. The minimum Gasteiger partial charge on any atom is -0.366 e. The Bertz CT molecular complexity index is 726. The largest absolute Gasteiger partial charge is 0.366 e. The normalized spacial score (nSPS) is 35.5. The lowest BCUT2D eigenvalue weighted by atomic mass is 9.74. The molecule has 1 heterocycles. The highest BCUT2D eigenvalue weighted by Gasteiger charge is 2.56. The van der Waals surface area contributed by atoms with Crippen LogP contribution in [0.2, 0.25) is 0 Å². The second-order valence-electron chi connectivity index (χ2n) is 9.37. The van der Waals surface area contributed by atoms with E-state index in [1.807, 2.05) is 0 Å². The van der Waals surface area contributed by atoms with Gasteiger partial charge in [0.1, 0.15) is 0 Å². The molecule has 1 aromatic rings. The van der Waals surface area contributed by atoms with E-state index in [4.69, 9.17) is 4.74 Å². The first-order valence-electron chi connectivity index (χ1n) is 11.1. The highest BCUT2D eigenvalue weighted by atomic mass is 16.6. The van der Waals surface area contributed by atoms with Crippen LogP contribution in [0.5, 0.6) is 0 Å². The van der Waals surface area contributed by atoms with E-state index in [1.165, 1.54) is 35.1 Å². The van der Waals surface area contributed by atoms with Crippen LogP contribution in [0.15, 0.2) is 65.8 Å². The molecule has 0 N–H and O–H groups in total. The number of allylic oxidation sites excluding steroid dienone is 5. The molecule has 2 aliphatic rings. The van der Waals surface area contributed by atoms with Gasteiger partial charge in [-0.2, -0.15) is 0 Å². The van der Waals surface area contributed by atoms with Crippen molar-refractivity contribution >= 4 is 0 Å². The molecule has 0 saturated carbocycles. The molecule has 1 unspecified atom stereocenters. The van der Waals surface area contributed by atoms with Crippen molar-refractivity contribution in [2.75, 3.05) is 0 Å². The summed E-state index contributed by atoms with van der Waals surface area (Å²) in [6, 6.07) is 10.9. The molecule has 0 bridgehead atoms. The van der Waals surface area contributed by atoms with E-state index in [0.29, 0.717) is 17.9 Å². The van der Waals surface area contributed by atoms with Crippen LogP contribution in [0.4, 0.5) is 0 Å². The first-order valence-corrected chi connectivity index (χ1v) is 11.1. The number of benzene rings is 1. The lowest BCUT2D eigenvalue weighted by Gasteiger charge is -2.28. The standard InChI is InChI=1S/C27H38O/c1-20(2)24-17-16-22(4)12-9-11-21(3)13-10-18-27(5)26(28-27)25(24)19-23-14-7-6-8-15-23/h6-8,12-15,24-26H,1,9-11,16-19H2,2-5H3/b21-13+,22-12+/t24?,25-,26-,27-/m0/s1. The van der Waals surface area contributed by atoms with Gasteiger partial charge in [-0.25, -0.2) is 0 Å². The molecule has 0 spiro atoms. The molecule has 1 aromatic carbocycles. The molecule has 1 saturated heterocycles. The van der Waals surface area contributed by atoms with Gasteiger partial charge in [0, 0.05) is 0 Å². The molecule has 3 rings (SSSR count). The summed E-state index contributed by atoms with van der Waals surface area (Å²) in [7, 11) is 0. The molecule has 1 nitrogen and oxygen atoms in total. The van der Waals surface area contributed by atoms with Crippen molar-refractivity contribution in [2.45, 2.75) is 84.3 Å². The Morgan fingerprint density at radius 3 is 2.46 bits per heavy atom. The summed E-state index contributed by atoms with van der Waals surface area (Å²) in [5.41, 5.74) is 5.80. The van der Waals surface area contributed by atoms with Gasteiger partial charge in [0.2, 0.25) is 0 Å². The van der Waals surface area contributed by atoms with Gasteiger partial charge in [-0.05, 0) is 90.0 Å². The molecule has 1 fully saturated rings. The zero-order chi connectivity index (χ0) is 20.1. The number of fused-ring (bicyclic) bond motifs is 1. The third-order valence-corrected chi connectivity index (χ3v) is 6.81. The highest BCUT2D eigenvalue weighted by Crippen LogP contribution is 2.50. The van der Waals surface area contributed by atoms with Gasteiger partial charge in [0.05, 0.1) is 11.7 Å². The fourth-order valence-corrected chi connectivity index (χ4v) is 4.91. The Balaban J connectivity index is 1.86. The minimum absolute atomic E-state index is 0.0267. The first-order chi connectivity index (χ1) is 13.4. The Morgan fingerprint density at radius 2 is 1.75 bits per heavy atom. The SMILES string of the molecule is C=C(C)C1CC/C(C)=C/CC/C(C)=C/CC[C@]2(C)O[C@H]2[C@H]1Cc1ccccc1. The van der Waals surface area contributed by atoms with Crippen LogP contribution < -0.4 is 0 Å². The molecule has 0 aromatic heterocycles. The number of hydrogen-bond donors (Lipinski definition) is 0. The molecule has 4 atom stereocenters. The summed E-state index contributed by atoms with van der Waals surface area (Å²) in [6.45, 7) is 13.5. The lowest BCUT2D eigenvalue weighted by Crippen LogP contribution is -2.28. The highest BCUT2D eigenvalue weighted by molar-refractivity contribution is 5.20.